The Morgan fingerprint density at radius 1 is 1.04 bits per heavy atom. The second-order valence-corrected chi connectivity index (χ2v) is 5.46. The molecule has 3 nitrogen and oxygen atoms in total. The fourth-order valence-corrected chi connectivity index (χ4v) is 1.94. The summed E-state index contributed by atoms with van der Waals surface area (Å²) in [5.41, 5.74) is -2.03. The van der Waals surface area contributed by atoms with E-state index in [2.05, 4.69) is 4.74 Å². The fourth-order valence-electron chi connectivity index (χ4n) is 1.94. The SMILES string of the molecule is CC(F)(CCOC(=O)CCC(=O)c1ccccc1)CC(F)(F)F. The molecule has 0 saturated carbocycles. The summed E-state index contributed by atoms with van der Waals surface area (Å²) in [6, 6.07) is 8.35. The molecule has 1 aromatic carbocycles. The molecule has 0 heterocycles. The summed E-state index contributed by atoms with van der Waals surface area (Å²) in [6.07, 6.45) is -7.03. The first-order valence-corrected chi connectivity index (χ1v) is 7.09. The number of carbonyl (C=O) groups is 2. The summed E-state index contributed by atoms with van der Waals surface area (Å²) in [7, 11) is 0. The minimum atomic E-state index is -4.62. The Kier molecular flexibility index (Phi) is 6.72. The first kappa shape index (κ1) is 19.1. The molecule has 0 aromatic heterocycles. The minimum absolute atomic E-state index is 0.0711. The minimum Gasteiger partial charge on any atom is -0.466 e. The van der Waals surface area contributed by atoms with E-state index in [1.807, 2.05) is 0 Å². The maximum absolute atomic E-state index is 13.6. The lowest BCUT2D eigenvalue weighted by Gasteiger charge is -2.21. The van der Waals surface area contributed by atoms with Crippen LogP contribution in [0.15, 0.2) is 30.3 Å². The maximum Gasteiger partial charge on any atom is 0.392 e. The van der Waals surface area contributed by atoms with Crippen molar-refractivity contribution >= 4 is 11.8 Å². The van der Waals surface area contributed by atoms with Crippen molar-refractivity contribution in [1.29, 1.82) is 0 Å². The largest absolute Gasteiger partial charge is 0.466 e. The van der Waals surface area contributed by atoms with E-state index in [1.165, 1.54) is 0 Å². The van der Waals surface area contributed by atoms with Crippen molar-refractivity contribution in [2.75, 3.05) is 6.61 Å². The monoisotopic (exact) mass is 334 g/mol. The van der Waals surface area contributed by atoms with Gasteiger partial charge in [-0.1, -0.05) is 30.3 Å². The van der Waals surface area contributed by atoms with Gasteiger partial charge in [-0.2, -0.15) is 13.2 Å². The molecule has 0 spiro atoms. The first-order valence-electron chi connectivity index (χ1n) is 7.09. The number of hydrogen-bond donors (Lipinski definition) is 0. The second kappa shape index (κ2) is 8.08. The van der Waals surface area contributed by atoms with E-state index >= 15 is 0 Å². The highest BCUT2D eigenvalue weighted by atomic mass is 19.4. The second-order valence-electron chi connectivity index (χ2n) is 5.46. The Hall–Kier alpha value is -1.92. The molecule has 128 valence electrons. The van der Waals surface area contributed by atoms with E-state index in [-0.39, 0.29) is 18.6 Å². The lowest BCUT2D eigenvalue weighted by Crippen LogP contribution is -2.29. The molecule has 0 fully saturated rings. The van der Waals surface area contributed by atoms with Gasteiger partial charge >= 0.3 is 12.1 Å². The van der Waals surface area contributed by atoms with Gasteiger partial charge in [0.1, 0.15) is 5.67 Å². The van der Waals surface area contributed by atoms with Gasteiger partial charge in [0.15, 0.2) is 5.78 Å². The third kappa shape index (κ3) is 8.32. The van der Waals surface area contributed by atoms with Crippen LogP contribution in [0.2, 0.25) is 0 Å². The summed E-state index contributed by atoms with van der Waals surface area (Å²) in [4.78, 5) is 23.2. The smallest absolute Gasteiger partial charge is 0.392 e. The van der Waals surface area contributed by atoms with E-state index in [4.69, 9.17) is 0 Å². The van der Waals surface area contributed by atoms with E-state index < -0.39 is 37.3 Å². The third-order valence-electron chi connectivity index (χ3n) is 3.11. The van der Waals surface area contributed by atoms with Gasteiger partial charge in [0.05, 0.1) is 19.4 Å². The summed E-state index contributed by atoms with van der Waals surface area (Å²) in [6.45, 7) is 0.356. The first-order chi connectivity index (χ1) is 10.6. The molecule has 0 N–H and O–H groups in total. The predicted molar refractivity (Wildman–Crippen MR) is 75.8 cm³/mol. The van der Waals surface area contributed by atoms with E-state index in [0.717, 1.165) is 6.92 Å². The molecule has 1 aromatic rings. The highest BCUT2D eigenvalue weighted by Crippen LogP contribution is 2.32. The molecule has 0 amide bonds. The van der Waals surface area contributed by atoms with Gasteiger partial charge in [-0.15, -0.1) is 0 Å². The molecule has 7 heteroatoms. The van der Waals surface area contributed by atoms with Gasteiger partial charge in [-0.25, -0.2) is 4.39 Å². The number of rotatable bonds is 8. The van der Waals surface area contributed by atoms with Crippen molar-refractivity contribution in [3.8, 4) is 0 Å². The van der Waals surface area contributed by atoms with Gasteiger partial charge < -0.3 is 4.74 Å². The van der Waals surface area contributed by atoms with Crippen LogP contribution in [0.4, 0.5) is 17.6 Å². The van der Waals surface area contributed by atoms with Crippen molar-refractivity contribution in [3.63, 3.8) is 0 Å². The Labute approximate surface area is 131 Å². The summed E-state index contributed by atoms with van der Waals surface area (Å²) in [5.74, 6) is -0.980. The van der Waals surface area contributed by atoms with Gasteiger partial charge in [-0.3, -0.25) is 9.59 Å². The fraction of sp³-hybridized carbons (Fsp3) is 0.500. The zero-order valence-electron chi connectivity index (χ0n) is 12.7. The average molecular weight is 334 g/mol. The highest BCUT2D eigenvalue weighted by Gasteiger charge is 2.39. The molecule has 0 saturated heterocycles. The number of benzene rings is 1. The number of ether oxygens (including phenoxy) is 1. The number of carbonyl (C=O) groups excluding carboxylic acids is 2. The maximum atomic E-state index is 13.6. The summed E-state index contributed by atoms with van der Waals surface area (Å²) < 4.78 is 54.7. The van der Waals surface area contributed by atoms with Crippen LogP contribution in [0.5, 0.6) is 0 Å². The van der Waals surface area contributed by atoms with Crippen LogP contribution < -0.4 is 0 Å². The van der Waals surface area contributed by atoms with Crippen molar-refractivity contribution in [2.24, 2.45) is 0 Å². The van der Waals surface area contributed by atoms with Crippen LogP contribution in [-0.4, -0.2) is 30.2 Å². The summed E-state index contributed by atoms with van der Waals surface area (Å²) >= 11 is 0. The normalized spacial score (nSPS) is 14.1. The van der Waals surface area contributed by atoms with Crippen molar-refractivity contribution in [2.45, 2.75) is 44.5 Å². The van der Waals surface area contributed by atoms with E-state index in [1.54, 1.807) is 30.3 Å². The molecule has 0 aliphatic heterocycles. The van der Waals surface area contributed by atoms with E-state index in [9.17, 15) is 27.2 Å². The lowest BCUT2D eigenvalue weighted by atomic mass is 10.0. The van der Waals surface area contributed by atoms with Crippen LogP contribution in [-0.2, 0) is 9.53 Å². The van der Waals surface area contributed by atoms with Crippen LogP contribution >= 0.6 is 0 Å². The van der Waals surface area contributed by atoms with E-state index in [0.29, 0.717) is 5.56 Å². The zero-order valence-corrected chi connectivity index (χ0v) is 12.7. The number of esters is 1. The molecule has 1 atom stereocenters. The van der Waals surface area contributed by atoms with Gasteiger partial charge in [-0.05, 0) is 6.92 Å². The van der Waals surface area contributed by atoms with Crippen LogP contribution in [0, 0.1) is 0 Å². The van der Waals surface area contributed by atoms with Gasteiger partial charge in [0.2, 0.25) is 0 Å². The number of Topliss-reactive ketones (excluding diaryl/α,β-unsaturated/α-hetero) is 1. The van der Waals surface area contributed by atoms with Crippen molar-refractivity contribution in [3.05, 3.63) is 35.9 Å². The predicted octanol–water partition coefficient (Wildman–Crippen LogP) is 4.26. The highest BCUT2D eigenvalue weighted by molar-refractivity contribution is 5.97. The molecule has 1 unspecified atom stereocenters. The number of ketones is 1. The van der Waals surface area contributed by atoms with Crippen LogP contribution in [0.25, 0.3) is 0 Å². The quantitative estimate of drug-likeness (QED) is 0.405. The van der Waals surface area contributed by atoms with Gasteiger partial charge in [0, 0.05) is 18.4 Å². The Balaban J connectivity index is 2.28. The third-order valence-corrected chi connectivity index (χ3v) is 3.11. The van der Waals surface area contributed by atoms with Gasteiger partial charge in [0.25, 0.3) is 0 Å². The van der Waals surface area contributed by atoms with Crippen LogP contribution in [0.3, 0.4) is 0 Å². The lowest BCUT2D eigenvalue weighted by molar-refractivity contribution is -0.162. The Bertz CT molecular complexity index is 524. The molecule has 1 rings (SSSR count). The summed E-state index contributed by atoms with van der Waals surface area (Å²) in [5, 5.41) is 0. The molecule has 0 radical (unpaired) electrons. The molecule has 0 aliphatic rings. The van der Waals surface area contributed by atoms with Crippen molar-refractivity contribution < 1.29 is 31.9 Å². The van der Waals surface area contributed by atoms with Crippen molar-refractivity contribution in [1.82, 2.24) is 0 Å². The number of hydrogen-bond acceptors (Lipinski definition) is 3. The average Bonchev–Trinajstić information content (AvgIpc) is 2.43. The standard InChI is InChI=1S/C16H18F4O3/c1-15(17,11-16(18,19)20)9-10-23-14(22)8-7-13(21)12-5-3-2-4-6-12/h2-6H,7-11H2,1H3. The Morgan fingerprint density at radius 2 is 1.65 bits per heavy atom. The molecule has 0 bridgehead atoms. The molecule has 23 heavy (non-hydrogen) atoms. The topological polar surface area (TPSA) is 43.4 Å². The molecular formula is C16H18F4O3. The zero-order chi connectivity index (χ0) is 17.5. The number of halogens is 4. The van der Waals surface area contributed by atoms with Crippen LogP contribution in [0.1, 0.15) is 43.0 Å². The number of alkyl halides is 4. The Morgan fingerprint density at radius 3 is 2.22 bits per heavy atom. The molecule has 0 aliphatic carbocycles. The molecular weight excluding hydrogens is 316 g/mol.